The molecule has 1 N–H and O–H groups in total. The van der Waals surface area contributed by atoms with Crippen LogP contribution in [0, 0.1) is 13.8 Å². The zero-order valence-electron chi connectivity index (χ0n) is 13.8. The number of nitrogens with zero attached hydrogens (tertiary/aromatic N) is 1. The second-order valence-corrected chi connectivity index (χ2v) is 6.06. The van der Waals surface area contributed by atoms with Crippen LogP contribution >= 0.6 is 0 Å². The molecule has 0 unspecified atom stereocenters. The van der Waals surface area contributed by atoms with Gasteiger partial charge in [-0.05, 0) is 26.8 Å². The van der Waals surface area contributed by atoms with Gasteiger partial charge in [0.05, 0.1) is 6.54 Å². The van der Waals surface area contributed by atoms with Gasteiger partial charge in [0.2, 0.25) is 0 Å². The number of nitrogens with one attached hydrogen (secondary N) is 1. The van der Waals surface area contributed by atoms with E-state index in [1.54, 1.807) is 57.2 Å². The lowest BCUT2D eigenvalue weighted by atomic mass is 9.92. The van der Waals surface area contributed by atoms with Crippen molar-refractivity contribution in [1.82, 2.24) is 10.2 Å². The highest BCUT2D eigenvalue weighted by Crippen LogP contribution is 2.32. The van der Waals surface area contributed by atoms with E-state index in [4.69, 9.17) is 4.42 Å². The average Bonchev–Trinajstić information content (AvgIpc) is 3.00. The summed E-state index contributed by atoms with van der Waals surface area (Å²) < 4.78 is 5.47. The van der Waals surface area contributed by atoms with Gasteiger partial charge in [-0.25, -0.2) is 4.79 Å². The van der Waals surface area contributed by atoms with E-state index in [2.05, 4.69) is 5.32 Å². The topological polar surface area (TPSA) is 79.6 Å². The SMILES string of the molecule is Cc1cc([C@]2(C)NC(=O)N(CC(=O)c3ccccc3)C2=O)c(C)o1. The van der Waals surface area contributed by atoms with E-state index in [0.29, 0.717) is 22.6 Å². The van der Waals surface area contributed by atoms with E-state index in [9.17, 15) is 14.4 Å². The summed E-state index contributed by atoms with van der Waals surface area (Å²) in [6.07, 6.45) is 0. The first-order chi connectivity index (χ1) is 11.3. The molecule has 0 bridgehead atoms. The number of aryl methyl sites for hydroxylation is 2. The molecule has 24 heavy (non-hydrogen) atoms. The Morgan fingerprint density at radius 3 is 2.46 bits per heavy atom. The van der Waals surface area contributed by atoms with Crippen LogP contribution in [-0.2, 0) is 10.3 Å². The Morgan fingerprint density at radius 2 is 1.88 bits per heavy atom. The first-order valence-corrected chi connectivity index (χ1v) is 7.63. The summed E-state index contributed by atoms with van der Waals surface area (Å²) in [5.74, 6) is 0.480. The summed E-state index contributed by atoms with van der Waals surface area (Å²) >= 11 is 0. The molecule has 6 nitrogen and oxygen atoms in total. The van der Waals surface area contributed by atoms with Crippen molar-refractivity contribution < 1.29 is 18.8 Å². The molecule has 1 fully saturated rings. The summed E-state index contributed by atoms with van der Waals surface area (Å²) in [5, 5.41) is 2.68. The Hall–Kier alpha value is -2.89. The molecule has 1 saturated heterocycles. The average molecular weight is 326 g/mol. The van der Waals surface area contributed by atoms with Gasteiger partial charge in [0.25, 0.3) is 5.91 Å². The number of imide groups is 1. The van der Waals surface area contributed by atoms with Crippen LogP contribution in [0.25, 0.3) is 0 Å². The number of hydrogen-bond donors (Lipinski definition) is 1. The Kier molecular flexibility index (Phi) is 3.75. The van der Waals surface area contributed by atoms with Crippen molar-refractivity contribution in [3.63, 3.8) is 0 Å². The standard InChI is InChI=1S/C18H18N2O4/c1-11-9-14(12(2)24-11)18(3)16(22)20(17(23)19-18)10-15(21)13-7-5-4-6-8-13/h4-9H,10H2,1-3H3,(H,19,23)/t18-/m0/s1. The number of furan rings is 1. The fourth-order valence-corrected chi connectivity index (χ4v) is 3.01. The maximum Gasteiger partial charge on any atom is 0.325 e. The zero-order valence-corrected chi connectivity index (χ0v) is 13.8. The Morgan fingerprint density at radius 1 is 1.21 bits per heavy atom. The van der Waals surface area contributed by atoms with E-state index < -0.39 is 17.5 Å². The first kappa shape index (κ1) is 16.0. The van der Waals surface area contributed by atoms with Crippen LogP contribution in [0.3, 0.4) is 0 Å². The minimum Gasteiger partial charge on any atom is -0.466 e. The van der Waals surface area contributed by atoms with Crippen molar-refractivity contribution in [1.29, 1.82) is 0 Å². The molecule has 1 aliphatic heterocycles. The molecule has 1 aromatic carbocycles. The summed E-state index contributed by atoms with van der Waals surface area (Å²) in [5.41, 5.74) is -0.161. The number of rotatable bonds is 4. The lowest BCUT2D eigenvalue weighted by Crippen LogP contribution is -2.41. The van der Waals surface area contributed by atoms with Crippen molar-refractivity contribution in [2.24, 2.45) is 0 Å². The van der Waals surface area contributed by atoms with Crippen LogP contribution in [-0.4, -0.2) is 29.2 Å². The van der Waals surface area contributed by atoms with Crippen LogP contribution in [0.1, 0.15) is 34.4 Å². The molecule has 3 amide bonds. The predicted molar refractivity (Wildman–Crippen MR) is 86.6 cm³/mol. The molecule has 0 aliphatic carbocycles. The number of carbonyl (C=O) groups is 3. The molecule has 2 heterocycles. The van der Waals surface area contributed by atoms with Gasteiger partial charge < -0.3 is 9.73 Å². The van der Waals surface area contributed by atoms with E-state index >= 15 is 0 Å². The monoisotopic (exact) mass is 326 g/mol. The normalized spacial score (nSPS) is 20.4. The quantitative estimate of drug-likeness (QED) is 0.692. The lowest BCUT2D eigenvalue weighted by Gasteiger charge is -2.21. The molecular formula is C18H18N2O4. The molecule has 2 aromatic rings. The zero-order chi connectivity index (χ0) is 17.5. The number of urea groups is 1. The molecule has 0 spiro atoms. The van der Waals surface area contributed by atoms with E-state index in [1.165, 1.54) is 0 Å². The summed E-state index contributed by atoms with van der Waals surface area (Å²) in [6, 6.07) is 9.74. The fraction of sp³-hybridized carbons (Fsp3) is 0.278. The smallest absolute Gasteiger partial charge is 0.325 e. The second-order valence-electron chi connectivity index (χ2n) is 6.06. The Balaban J connectivity index is 1.87. The number of amides is 3. The van der Waals surface area contributed by atoms with Crippen molar-refractivity contribution in [2.45, 2.75) is 26.3 Å². The molecule has 1 aromatic heterocycles. The molecule has 0 saturated carbocycles. The Labute approximate surface area is 139 Å². The maximum absolute atomic E-state index is 12.8. The van der Waals surface area contributed by atoms with Crippen LogP contribution < -0.4 is 5.32 Å². The van der Waals surface area contributed by atoms with Gasteiger partial charge in [0, 0.05) is 11.1 Å². The van der Waals surface area contributed by atoms with Crippen molar-refractivity contribution >= 4 is 17.7 Å². The fourth-order valence-electron chi connectivity index (χ4n) is 3.01. The highest BCUT2D eigenvalue weighted by molar-refractivity contribution is 6.11. The summed E-state index contributed by atoms with van der Waals surface area (Å²) in [7, 11) is 0. The largest absolute Gasteiger partial charge is 0.466 e. The van der Waals surface area contributed by atoms with Gasteiger partial charge >= 0.3 is 6.03 Å². The van der Waals surface area contributed by atoms with Crippen LogP contribution in [0.5, 0.6) is 0 Å². The number of benzene rings is 1. The molecule has 0 radical (unpaired) electrons. The molecule has 124 valence electrons. The van der Waals surface area contributed by atoms with Crippen molar-refractivity contribution in [3.8, 4) is 0 Å². The molecule has 6 heteroatoms. The van der Waals surface area contributed by atoms with Crippen LogP contribution in [0.4, 0.5) is 4.79 Å². The van der Waals surface area contributed by atoms with Gasteiger partial charge in [-0.15, -0.1) is 0 Å². The Bertz CT molecular complexity index is 825. The van der Waals surface area contributed by atoms with E-state index in [-0.39, 0.29) is 12.3 Å². The van der Waals surface area contributed by atoms with Gasteiger partial charge in [0.1, 0.15) is 17.1 Å². The third-order valence-electron chi connectivity index (χ3n) is 4.25. The molecular weight excluding hydrogens is 308 g/mol. The lowest BCUT2D eigenvalue weighted by molar-refractivity contribution is -0.130. The van der Waals surface area contributed by atoms with Gasteiger partial charge in [-0.1, -0.05) is 30.3 Å². The minimum atomic E-state index is -1.23. The summed E-state index contributed by atoms with van der Waals surface area (Å²) in [6.45, 7) is 4.85. The van der Waals surface area contributed by atoms with Crippen molar-refractivity contribution in [2.75, 3.05) is 6.54 Å². The predicted octanol–water partition coefficient (Wildman–Crippen LogP) is 2.55. The van der Waals surface area contributed by atoms with Crippen LogP contribution in [0.2, 0.25) is 0 Å². The highest BCUT2D eigenvalue weighted by atomic mass is 16.3. The van der Waals surface area contributed by atoms with E-state index in [0.717, 1.165) is 4.90 Å². The third kappa shape index (κ3) is 2.50. The third-order valence-corrected chi connectivity index (χ3v) is 4.25. The van der Waals surface area contributed by atoms with Crippen LogP contribution in [0.15, 0.2) is 40.8 Å². The molecule has 1 aliphatic rings. The number of carbonyl (C=O) groups excluding carboxylic acids is 3. The molecule has 1 atom stereocenters. The number of hydrogen-bond acceptors (Lipinski definition) is 4. The van der Waals surface area contributed by atoms with Gasteiger partial charge in [0.15, 0.2) is 5.78 Å². The van der Waals surface area contributed by atoms with Crippen molar-refractivity contribution in [3.05, 3.63) is 59.0 Å². The first-order valence-electron chi connectivity index (χ1n) is 7.63. The minimum absolute atomic E-state index is 0.288. The molecule has 3 rings (SSSR count). The second kappa shape index (κ2) is 5.63. The maximum atomic E-state index is 12.8. The van der Waals surface area contributed by atoms with Gasteiger partial charge in [-0.2, -0.15) is 0 Å². The van der Waals surface area contributed by atoms with Gasteiger partial charge in [-0.3, -0.25) is 14.5 Å². The summed E-state index contributed by atoms with van der Waals surface area (Å²) in [4.78, 5) is 38.4. The number of Topliss-reactive ketones (excluding diaryl/α,β-unsaturated/α-hetero) is 1. The highest BCUT2D eigenvalue weighted by Gasteiger charge is 2.51. The van der Waals surface area contributed by atoms with E-state index in [1.807, 2.05) is 0 Å². The number of ketones is 1.